The van der Waals surface area contributed by atoms with E-state index >= 15 is 0 Å². The van der Waals surface area contributed by atoms with E-state index in [1.807, 2.05) is 5.94 Å². The van der Waals surface area contributed by atoms with E-state index < -0.39 is 0 Å². The molecule has 2 rings (SSSR count). The van der Waals surface area contributed by atoms with Crippen LogP contribution in [0.15, 0.2) is 23.0 Å². The molecule has 0 radical (unpaired) electrons. The molecule has 0 aromatic rings. The van der Waals surface area contributed by atoms with Gasteiger partial charge in [0.1, 0.15) is 5.70 Å². The number of rotatable bonds is 0. The number of piperidine rings is 1. The second-order valence-electron chi connectivity index (χ2n) is 3.46. The summed E-state index contributed by atoms with van der Waals surface area (Å²) in [5.74, 6) is 2.62. The van der Waals surface area contributed by atoms with Gasteiger partial charge in [-0.2, -0.15) is 0 Å². The molecule has 1 fully saturated rings. The van der Waals surface area contributed by atoms with Gasteiger partial charge in [-0.3, -0.25) is 0 Å². The lowest BCUT2D eigenvalue weighted by atomic mass is 10.1. The Labute approximate surface area is 83.0 Å². The van der Waals surface area contributed by atoms with Crippen molar-refractivity contribution in [3.63, 3.8) is 0 Å². The third-order valence-electron chi connectivity index (χ3n) is 2.45. The van der Waals surface area contributed by atoms with Crippen LogP contribution in [0.25, 0.3) is 0 Å². The molecule has 0 aromatic carbocycles. The van der Waals surface area contributed by atoms with E-state index in [1.54, 1.807) is 12.3 Å². The van der Waals surface area contributed by atoms with Gasteiger partial charge in [-0.15, -0.1) is 0 Å². The van der Waals surface area contributed by atoms with Crippen molar-refractivity contribution >= 4 is 11.9 Å². The van der Waals surface area contributed by atoms with Gasteiger partial charge in [0.25, 0.3) is 0 Å². The lowest BCUT2D eigenvalue weighted by molar-refractivity contribution is 0.334. The van der Waals surface area contributed by atoms with Crippen molar-refractivity contribution in [3.05, 3.63) is 18.0 Å². The Morgan fingerprint density at radius 2 is 2.14 bits per heavy atom. The number of aliphatic imine (C=N–C) groups is 1. The van der Waals surface area contributed by atoms with Gasteiger partial charge < -0.3 is 10.2 Å². The Morgan fingerprint density at radius 1 is 1.36 bits per heavy atom. The Kier molecular flexibility index (Phi) is 2.65. The SMILES string of the molecule is O=C=C1C=CN=C(N2CCCCC2)N1. The average molecular weight is 191 g/mol. The first-order valence-electron chi connectivity index (χ1n) is 4.91. The first-order chi connectivity index (χ1) is 6.90. The maximum Gasteiger partial charge on any atom is 0.203 e. The van der Waals surface area contributed by atoms with Crippen molar-refractivity contribution < 1.29 is 4.79 Å². The number of likely N-dealkylation sites (tertiary alicyclic amines) is 1. The maximum absolute atomic E-state index is 10.4. The second kappa shape index (κ2) is 4.11. The van der Waals surface area contributed by atoms with Gasteiger partial charge >= 0.3 is 0 Å². The van der Waals surface area contributed by atoms with Gasteiger partial charge in [-0.1, -0.05) is 0 Å². The predicted molar refractivity (Wildman–Crippen MR) is 54.3 cm³/mol. The van der Waals surface area contributed by atoms with Gasteiger partial charge in [-0.05, 0) is 25.3 Å². The van der Waals surface area contributed by atoms with Crippen LogP contribution < -0.4 is 5.32 Å². The summed E-state index contributed by atoms with van der Waals surface area (Å²) >= 11 is 0. The summed E-state index contributed by atoms with van der Waals surface area (Å²) in [6.45, 7) is 2.04. The van der Waals surface area contributed by atoms with Crippen LogP contribution in [0.3, 0.4) is 0 Å². The molecule has 1 N–H and O–H groups in total. The maximum atomic E-state index is 10.4. The van der Waals surface area contributed by atoms with Crippen molar-refractivity contribution in [1.82, 2.24) is 10.2 Å². The number of guanidine groups is 1. The van der Waals surface area contributed by atoms with E-state index in [2.05, 4.69) is 15.2 Å². The lowest BCUT2D eigenvalue weighted by Gasteiger charge is -2.30. The monoisotopic (exact) mass is 191 g/mol. The zero-order chi connectivity index (χ0) is 9.80. The van der Waals surface area contributed by atoms with Gasteiger partial charge in [0.15, 0.2) is 5.94 Å². The quantitative estimate of drug-likeness (QED) is 0.572. The molecular weight excluding hydrogens is 178 g/mol. The van der Waals surface area contributed by atoms with Crippen LogP contribution in [-0.4, -0.2) is 29.9 Å². The summed E-state index contributed by atoms with van der Waals surface area (Å²) in [6, 6.07) is 0. The molecule has 4 nitrogen and oxygen atoms in total. The van der Waals surface area contributed by atoms with Crippen LogP contribution in [-0.2, 0) is 4.79 Å². The largest absolute Gasteiger partial charge is 0.342 e. The summed E-state index contributed by atoms with van der Waals surface area (Å²) in [6.07, 6.45) is 6.95. The summed E-state index contributed by atoms with van der Waals surface area (Å²) in [5.41, 5.74) is 0.459. The number of allylic oxidation sites excluding steroid dienone is 1. The molecule has 0 aromatic heterocycles. The average Bonchev–Trinajstić information content (AvgIpc) is 2.30. The molecule has 0 saturated carbocycles. The molecule has 1 saturated heterocycles. The molecule has 0 atom stereocenters. The predicted octanol–water partition coefficient (Wildman–Crippen LogP) is 0.661. The van der Waals surface area contributed by atoms with E-state index in [4.69, 9.17) is 0 Å². The molecule has 2 aliphatic rings. The highest BCUT2D eigenvalue weighted by Gasteiger charge is 2.16. The zero-order valence-electron chi connectivity index (χ0n) is 7.99. The third kappa shape index (κ3) is 1.86. The van der Waals surface area contributed by atoms with Gasteiger partial charge in [0.2, 0.25) is 5.96 Å². The smallest absolute Gasteiger partial charge is 0.203 e. The highest BCUT2D eigenvalue weighted by molar-refractivity contribution is 5.86. The normalized spacial score (nSPS) is 21.3. The van der Waals surface area contributed by atoms with Crippen molar-refractivity contribution in [2.24, 2.45) is 4.99 Å². The van der Waals surface area contributed by atoms with E-state index in [9.17, 15) is 4.79 Å². The molecule has 14 heavy (non-hydrogen) atoms. The summed E-state index contributed by atoms with van der Waals surface area (Å²) in [7, 11) is 0. The summed E-state index contributed by atoms with van der Waals surface area (Å²) < 4.78 is 0. The lowest BCUT2D eigenvalue weighted by Crippen LogP contribution is -2.44. The number of nitrogens with one attached hydrogen (secondary N) is 1. The van der Waals surface area contributed by atoms with Crippen molar-refractivity contribution in [3.8, 4) is 0 Å². The Morgan fingerprint density at radius 3 is 2.86 bits per heavy atom. The van der Waals surface area contributed by atoms with Crippen LogP contribution in [0, 0.1) is 0 Å². The standard InChI is InChI=1S/C10H13N3O/c14-8-9-4-5-11-10(12-9)13-6-2-1-3-7-13/h4-5H,1-3,6-7H2,(H,11,12). The van der Waals surface area contributed by atoms with Crippen molar-refractivity contribution in [1.29, 1.82) is 0 Å². The number of hydrogen-bond acceptors (Lipinski definition) is 4. The van der Waals surface area contributed by atoms with Gasteiger partial charge in [-0.25, -0.2) is 9.79 Å². The van der Waals surface area contributed by atoms with E-state index in [0.717, 1.165) is 19.0 Å². The van der Waals surface area contributed by atoms with Crippen molar-refractivity contribution in [2.45, 2.75) is 19.3 Å². The van der Waals surface area contributed by atoms with Gasteiger partial charge in [0, 0.05) is 19.3 Å². The summed E-state index contributed by atoms with van der Waals surface area (Å²) in [4.78, 5) is 16.8. The minimum absolute atomic E-state index is 0.459. The first-order valence-corrected chi connectivity index (χ1v) is 4.91. The van der Waals surface area contributed by atoms with Crippen LogP contribution >= 0.6 is 0 Å². The highest BCUT2D eigenvalue weighted by atomic mass is 16.1. The fourth-order valence-electron chi connectivity index (χ4n) is 1.70. The van der Waals surface area contributed by atoms with E-state index in [-0.39, 0.29) is 0 Å². The minimum atomic E-state index is 0.459. The highest BCUT2D eigenvalue weighted by Crippen LogP contribution is 2.10. The molecule has 0 amide bonds. The summed E-state index contributed by atoms with van der Waals surface area (Å²) in [5, 5.41) is 2.96. The van der Waals surface area contributed by atoms with Gasteiger partial charge in [0.05, 0.1) is 0 Å². The van der Waals surface area contributed by atoms with Crippen LogP contribution in [0.4, 0.5) is 0 Å². The molecule has 74 valence electrons. The Balaban J connectivity index is 2.07. The Hall–Kier alpha value is -1.54. The number of hydrogen-bond donors (Lipinski definition) is 1. The third-order valence-corrected chi connectivity index (χ3v) is 2.45. The molecule has 0 unspecified atom stereocenters. The molecule has 4 heteroatoms. The fraction of sp³-hybridized carbons (Fsp3) is 0.500. The van der Waals surface area contributed by atoms with Crippen molar-refractivity contribution in [2.75, 3.05) is 13.1 Å². The van der Waals surface area contributed by atoms with Crippen LogP contribution in [0.1, 0.15) is 19.3 Å². The van der Waals surface area contributed by atoms with E-state index in [1.165, 1.54) is 19.3 Å². The molecular formula is C10H13N3O. The zero-order valence-corrected chi connectivity index (χ0v) is 7.99. The van der Waals surface area contributed by atoms with Crippen LogP contribution in [0.5, 0.6) is 0 Å². The first kappa shape index (κ1) is 9.03. The topological polar surface area (TPSA) is 44.7 Å². The fourth-order valence-corrected chi connectivity index (χ4v) is 1.70. The van der Waals surface area contributed by atoms with E-state index in [0.29, 0.717) is 5.70 Å². The Bertz CT molecular complexity index is 320. The second-order valence-corrected chi connectivity index (χ2v) is 3.46. The molecule has 0 aliphatic carbocycles. The van der Waals surface area contributed by atoms with Crippen LogP contribution in [0.2, 0.25) is 0 Å². The molecule has 2 aliphatic heterocycles. The number of nitrogens with zero attached hydrogens (tertiary/aromatic N) is 2. The minimum Gasteiger partial charge on any atom is -0.342 e. The molecule has 0 spiro atoms. The number of carbonyl (C=O) groups excluding carboxylic acids is 1. The molecule has 2 heterocycles. The molecule has 0 bridgehead atoms.